The van der Waals surface area contributed by atoms with Crippen molar-refractivity contribution < 1.29 is 4.79 Å². The van der Waals surface area contributed by atoms with Crippen molar-refractivity contribution in [2.45, 2.75) is 46.5 Å². The molecule has 0 amide bonds. The van der Waals surface area contributed by atoms with E-state index in [1.165, 1.54) is 6.42 Å². The third-order valence-corrected chi connectivity index (χ3v) is 5.28. The first kappa shape index (κ1) is 13.8. The van der Waals surface area contributed by atoms with E-state index >= 15 is 0 Å². The highest BCUT2D eigenvalue weighted by atomic mass is 79.9. The molecule has 0 N–H and O–H groups in total. The van der Waals surface area contributed by atoms with Gasteiger partial charge in [-0.25, -0.2) is 0 Å². The van der Waals surface area contributed by atoms with Crippen molar-refractivity contribution >= 4 is 21.7 Å². The van der Waals surface area contributed by atoms with E-state index in [9.17, 15) is 4.79 Å². The fourth-order valence-corrected chi connectivity index (χ4v) is 3.56. The maximum Gasteiger partial charge on any atom is 0.142 e. The Bertz CT molecular complexity index is 476. The smallest absolute Gasteiger partial charge is 0.142 e. The van der Waals surface area contributed by atoms with Gasteiger partial charge >= 0.3 is 0 Å². The highest BCUT2D eigenvalue weighted by Crippen LogP contribution is 2.43. The number of hydrogen-bond donors (Lipinski definition) is 0. The maximum absolute atomic E-state index is 12.5. The summed E-state index contributed by atoms with van der Waals surface area (Å²) in [6, 6.07) is 0. The third-order valence-electron chi connectivity index (χ3n) is 4.25. The van der Waals surface area contributed by atoms with E-state index in [0.29, 0.717) is 12.2 Å². The second-order valence-electron chi connectivity index (χ2n) is 6.05. The normalized spacial score (nSPS) is 22.4. The van der Waals surface area contributed by atoms with Gasteiger partial charge in [-0.15, -0.1) is 0 Å². The number of rotatable bonds is 3. The first-order valence-corrected chi connectivity index (χ1v) is 7.33. The van der Waals surface area contributed by atoms with Crippen LogP contribution < -0.4 is 0 Å². The van der Waals surface area contributed by atoms with Crippen LogP contribution in [0.5, 0.6) is 0 Å². The predicted octanol–water partition coefficient (Wildman–Crippen LogP) is 3.43. The van der Waals surface area contributed by atoms with E-state index in [0.717, 1.165) is 28.7 Å². The Hall–Kier alpha value is -0.640. The van der Waals surface area contributed by atoms with E-state index in [4.69, 9.17) is 0 Å². The summed E-state index contributed by atoms with van der Waals surface area (Å²) in [7, 11) is 1.90. The van der Waals surface area contributed by atoms with E-state index in [1.54, 1.807) is 0 Å². The van der Waals surface area contributed by atoms with Crippen LogP contribution in [0.4, 0.5) is 0 Å². The molecule has 4 heteroatoms. The van der Waals surface area contributed by atoms with Crippen LogP contribution >= 0.6 is 15.9 Å². The molecule has 1 aromatic heterocycles. The molecule has 0 bridgehead atoms. The highest BCUT2D eigenvalue weighted by molar-refractivity contribution is 9.10. The zero-order valence-corrected chi connectivity index (χ0v) is 13.2. The van der Waals surface area contributed by atoms with Gasteiger partial charge < -0.3 is 0 Å². The summed E-state index contributed by atoms with van der Waals surface area (Å²) in [6.07, 6.45) is 3.87. The molecule has 0 aliphatic heterocycles. The fourth-order valence-electron chi connectivity index (χ4n) is 3.08. The van der Waals surface area contributed by atoms with E-state index < -0.39 is 0 Å². The highest BCUT2D eigenvalue weighted by Gasteiger charge is 2.39. The first-order valence-electron chi connectivity index (χ1n) is 6.53. The van der Waals surface area contributed by atoms with Crippen molar-refractivity contribution in [2.24, 2.45) is 18.4 Å². The van der Waals surface area contributed by atoms with Crippen LogP contribution in [0.1, 0.15) is 44.5 Å². The van der Waals surface area contributed by atoms with Crippen molar-refractivity contribution in [2.75, 3.05) is 0 Å². The molecular formula is C14H21BrN2O. The monoisotopic (exact) mass is 312 g/mol. The minimum atomic E-state index is 0.164. The Morgan fingerprint density at radius 1 is 1.56 bits per heavy atom. The molecule has 1 atom stereocenters. The van der Waals surface area contributed by atoms with Gasteiger partial charge in [-0.1, -0.05) is 20.3 Å². The molecule has 1 saturated carbocycles. The number of nitrogens with zero attached hydrogens (tertiary/aromatic N) is 2. The standard InChI is InChI=1S/C14H21BrN2O/c1-9-13(15)11(17(4)16-9)8-12(18)10-6-5-7-14(10,2)3/h10H,5-8H2,1-4H3. The molecular weight excluding hydrogens is 292 g/mol. The zero-order chi connectivity index (χ0) is 13.5. The van der Waals surface area contributed by atoms with Gasteiger partial charge in [-0.3, -0.25) is 9.48 Å². The molecule has 1 unspecified atom stereocenters. The number of ketones is 1. The second kappa shape index (κ2) is 4.80. The van der Waals surface area contributed by atoms with Crippen molar-refractivity contribution in [1.82, 2.24) is 9.78 Å². The SMILES string of the molecule is Cc1nn(C)c(CC(=O)C2CCCC2(C)C)c1Br. The van der Waals surface area contributed by atoms with Crippen LogP contribution in [0, 0.1) is 18.3 Å². The Labute approximate surface area is 117 Å². The van der Waals surface area contributed by atoms with E-state index in [-0.39, 0.29) is 11.3 Å². The molecule has 1 aliphatic rings. The van der Waals surface area contributed by atoms with Crippen LogP contribution in [0.2, 0.25) is 0 Å². The van der Waals surface area contributed by atoms with Gasteiger partial charge in [0.1, 0.15) is 5.78 Å². The number of carbonyl (C=O) groups excluding carboxylic acids is 1. The Morgan fingerprint density at radius 3 is 2.67 bits per heavy atom. The molecule has 0 radical (unpaired) electrons. The zero-order valence-electron chi connectivity index (χ0n) is 11.6. The van der Waals surface area contributed by atoms with Crippen LogP contribution in [0.3, 0.4) is 0 Å². The molecule has 2 rings (SSSR count). The number of aromatic nitrogens is 2. The maximum atomic E-state index is 12.5. The molecule has 1 aromatic rings. The first-order chi connectivity index (χ1) is 8.33. The minimum absolute atomic E-state index is 0.164. The van der Waals surface area contributed by atoms with Gasteiger partial charge in [0.25, 0.3) is 0 Å². The molecule has 0 saturated heterocycles. The average Bonchev–Trinajstić information content (AvgIpc) is 2.73. The Morgan fingerprint density at radius 2 is 2.22 bits per heavy atom. The summed E-state index contributed by atoms with van der Waals surface area (Å²) >= 11 is 3.53. The van der Waals surface area contributed by atoms with Gasteiger partial charge in [-0.05, 0) is 41.1 Å². The number of hydrogen-bond acceptors (Lipinski definition) is 2. The Balaban J connectivity index is 2.17. The number of carbonyl (C=O) groups is 1. The molecule has 100 valence electrons. The lowest BCUT2D eigenvalue weighted by Gasteiger charge is -2.25. The van der Waals surface area contributed by atoms with Gasteiger partial charge in [0.15, 0.2) is 0 Å². The van der Waals surface area contributed by atoms with Gasteiger partial charge in [0.2, 0.25) is 0 Å². The average molecular weight is 313 g/mol. The summed E-state index contributed by atoms with van der Waals surface area (Å²) < 4.78 is 2.80. The van der Waals surface area contributed by atoms with Crippen LogP contribution in [0.25, 0.3) is 0 Å². The largest absolute Gasteiger partial charge is 0.299 e. The van der Waals surface area contributed by atoms with Crippen molar-refractivity contribution in [3.63, 3.8) is 0 Å². The molecule has 1 fully saturated rings. The summed E-state index contributed by atoms with van der Waals surface area (Å²) in [6.45, 7) is 6.38. The van der Waals surface area contributed by atoms with Gasteiger partial charge in [0, 0.05) is 19.4 Å². The van der Waals surface area contributed by atoms with Crippen molar-refractivity contribution in [3.8, 4) is 0 Å². The molecule has 1 heterocycles. The molecule has 1 aliphatic carbocycles. The number of Topliss-reactive ketones (excluding diaryl/α,β-unsaturated/α-hetero) is 1. The molecule has 0 spiro atoms. The molecule has 18 heavy (non-hydrogen) atoms. The van der Waals surface area contributed by atoms with E-state index in [1.807, 2.05) is 18.7 Å². The molecule has 0 aromatic carbocycles. The molecule has 3 nitrogen and oxygen atoms in total. The lowest BCUT2D eigenvalue weighted by atomic mass is 9.78. The lowest BCUT2D eigenvalue weighted by Crippen LogP contribution is -2.27. The number of aryl methyl sites for hydroxylation is 2. The summed E-state index contributed by atoms with van der Waals surface area (Å²) in [4.78, 5) is 12.5. The van der Waals surface area contributed by atoms with Crippen molar-refractivity contribution in [1.29, 1.82) is 0 Å². The lowest BCUT2D eigenvalue weighted by molar-refractivity contribution is -0.124. The summed E-state index contributed by atoms with van der Waals surface area (Å²) in [5.41, 5.74) is 2.11. The van der Waals surface area contributed by atoms with Crippen LogP contribution in [-0.2, 0) is 18.3 Å². The minimum Gasteiger partial charge on any atom is -0.299 e. The van der Waals surface area contributed by atoms with Gasteiger partial charge in [0.05, 0.1) is 15.9 Å². The van der Waals surface area contributed by atoms with Crippen LogP contribution in [0.15, 0.2) is 4.47 Å². The third kappa shape index (κ3) is 2.40. The summed E-state index contributed by atoms with van der Waals surface area (Å²) in [5, 5.41) is 4.34. The topological polar surface area (TPSA) is 34.9 Å². The number of halogens is 1. The predicted molar refractivity (Wildman–Crippen MR) is 75.5 cm³/mol. The van der Waals surface area contributed by atoms with Crippen molar-refractivity contribution in [3.05, 3.63) is 15.9 Å². The van der Waals surface area contributed by atoms with Gasteiger partial charge in [-0.2, -0.15) is 5.10 Å². The fraction of sp³-hybridized carbons (Fsp3) is 0.714. The van der Waals surface area contributed by atoms with Crippen LogP contribution in [-0.4, -0.2) is 15.6 Å². The Kier molecular flexibility index (Phi) is 3.67. The second-order valence-corrected chi connectivity index (χ2v) is 6.84. The summed E-state index contributed by atoms with van der Waals surface area (Å²) in [5.74, 6) is 0.570. The van der Waals surface area contributed by atoms with E-state index in [2.05, 4.69) is 34.9 Å². The quantitative estimate of drug-likeness (QED) is 0.857.